The minimum Gasteiger partial charge on any atom is -0.368 e. The molecule has 33 heavy (non-hydrogen) atoms. The molecule has 3 atom stereocenters. The Kier molecular flexibility index (Phi) is 9.05. The Morgan fingerprint density at radius 2 is 1.97 bits per heavy atom. The van der Waals surface area contributed by atoms with Crippen molar-refractivity contribution in [2.75, 3.05) is 38.1 Å². The molecule has 2 aliphatic heterocycles. The molecule has 2 fully saturated rings. The number of carbonyl (C=O) groups is 2. The van der Waals surface area contributed by atoms with Gasteiger partial charge in [0.15, 0.2) is 0 Å². The Morgan fingerprint density at radius 1 is 1.27 bits per heavy atom. The molecule has 0 bridgehead atoms. The number of nitrogens with zero attached hydrogens (tertiary/aromatic N) is 2. The highest BCUT2D eigenvalue weighted by molar-refractivity contribution is 6.31. The first-order valence-electron chi connectivity index (χ1n) is 12.6. The van der Waals surface area contributed by atoms with Gasteiger partial charge >= 0.3 is 0 Å². The molecule has 0 radical (unpaired) electrons. The van der Waals surface area contributed by atoms with Crippen molar-refractivity contribution in [3.63, 3.8) is 0 Å². The summed E-state index contributed by atoms with van der Waals surface area (Å²) in [6, 6.07) is 4.38. The zero-order chi connectivity index (χ0) is 24.1. The number of likely N-dealkylation sites (tertiary alicyclic amines) is 1. The largest absolute Gasteiger partial charge is 0.368 e. The van der Waals surface area contributed by atoms with E-state index in [0.29, 0.717) is 29.1 Å². The lowest BCUT2D eigenvalue weighted by Gasteiger charge is -2.39. The van der Waals surface area contributed by atoms with Gasteiger partial charge in [0.05, 0.1) is 5.92 Å². The van der Waals surface area contributed by atoms with Crippen molar-refractivity contribution in [2.45, 2.75) is 71.9 Å². The third-order valence-electron chi connectivity index (χ3n) is 7.46. The van der Waals surface area contributed by atoms with E-state index < -0.39 is 0 Å². The highest BCUT2D eigenvalue weighted by Crippen LogP contribution is 2.32. The summed E-state index contributed by atoms with van der Waals surface area (Å²) in [6.45, 7) is 11.8. The van der Waals surface area contributed by atoms with Gasteiger partial charge < -0.3 is 20.4 Å². The molecule has 6 nitrogen and oxygen atoms in total. The number of piperidine rings is 2. The minimum atomic E-state index is -0.185. The van der Waals surface area contributed by atoms with Crippen LogP contribution in [0.15, 0.2) is 12.1 Å². The molecule has 184 valence electrons. The van der Waals surface area contributed by atoms with Crippen LogP contribution >= 0.6 is 11.6 Å². The second-order valence-electron chi connectivity index (χ2n) is 9.93. The average molecular weight is 477 g/mol. The summed E-state index contributed by atoms with van der Waals surface area (Å²) in [7, 11) is 2.16. The van der Waals surface area contributed by atoms with Crippen molar-refractivity contribution in [1.82, 2.24) is 15.5 Å². The SMILES string of the molecule is CCCC1CC(C)NC(=O)C1CNC(=O)c1cc(Cl)cc(N(CC)C2CCN(C)CC2)c1C. The van der Waals surface area contributed by atoms with Crippen LogP contribution in [0, 0.1) is 18.8 Å². The number of hydrogen-bond donors (Lipinski definition) is 2. The number of benzene rings is 1. The van der Waals surface area contributed by atoms with Gasteiger partial charge in [-0.15, -0.1) is 0 Å². The normalized spacial score (nSPS) is 24.4. The van der Waals surface area contributed by atoms with E-state index in [4.69, 9.17) is 11.6 Å². The van der Waals surface area contributed by atoms with Crippen LogP contribution in [-0.2, 0) is 4.79 Å². The maximum atomic E-state index is 13.3. The van der Waals surface area contributed by atoms with E-state index in [2.05, 4.69) is 48.3 Å². The van der Waals surface area contributed by atoms with Gasteiger partial charge in [0.2, 0.25) is 5.91 Å². The Labute approximate surface area is 204 Å². The standard InChI is InChI=1S/C26H41ClN4O2/c1-6-8-19-13-17(3)29-26(33)23(19)16-28-25(32)22-14-20(27)15-24(18(22)4)31(7-2)21-9-11-30(5)12-10-21/h14-15,17,19,21,23H,6-13,16H2,1-5H3,(H,28,32)(H,29,33). The summed E-state index contributed by atoms with van der Waals surface area (Å²) in [5, 5.41) is 6.68. The lowest BCUT2D eigenvalue weighted by Crippen LogP contribution is -2.51. The smallest absolute Gasteiger partial charge is 0.251 e. The maximum Gasteiger partial charge on any atom is 0.251 e. The zero-order valence-corrected chi connectivity index (χ0v) is 21.7. The van der Waals surface area contributed by atoms with Gasteiger partial charge in [-0.05, 0) is 90.2 Å². The fraction of sp³-hybridized carbons (Fsp3) is 0.692. The first-order chi connectivity index (χ1) is 15.7. The summed E-state index contributed by atoms with van der Waals surface area (Å²) in [4.78, 5) is 30.7. The lowest BCUT2D eigenvalue weighted by molar-refractivity contribution is -0.129. The molecule has 2 heterocycles. The van der Waals surface area contributed by atoms with Gasteiger partial charge in [-0.1, -0.05) is 24.9 Å². The summed E-state index contributed by atoms with van der Waals surface area (Å²) in [5.74, 6) is 0.0123. The van der Waals surface area contributed by atoms with E-state index in [1.54, 1.807) is 6.07 Å². The molecule has 0 aliphatic carbocycles. The van der Waals surface area contributed by atoms with Gasteiger partial charge in [-0.2, -0.15) is 0 Å². The van der Waals surface area contributed by atoms with Gasteiger partial charge in [-0.3, -0.25) is 9.59 Å². The van der Waals surface area contributed by atoms with Crippen molar-refractivity contribution < 1.29 is 9.59 Å². The number of rotatable bonds is 8. The number of halogens is 1. The van der Waals surface area contributed by atoms with Gasteiger partial charge in [0, 0.05) is 41.4 Å². The highest BCUT2D eigenvalue weighted by Gasteiger charge is 2.34. The first kappa shape index (κ1) is 25.8. The van der Waals surface area contributed by atoms with Crippen LogP contribution in [0.25, 0.3) is 0 Å². The Bertz CT molecular complexity index is 838. The molecule has 2 amide bonds. The summed E-state index contributed by atoms with van der Waals surface area (Å²) in [6.07, 6.45) is 5.20. The summed E-state index contributed by atoms with van der Waals surface area (Å²) >= 11 is 6.50. The second-order valence-corrected chi connectivity index (χ2v) is 10.4. The average Bonchev–Trinajstić information content (AvgIpc) is 2.77. The molecular formula is C26H41ClN4O2. The van der Waals surface area contributed by atoms with Gasteiger partial charge in [0.25, 0.3) is 5.91 Å². The van der Waals surface area contributed by atoms with Gasteiger partial charge in [0.1, 0.15) is 0 Å². The van der Waals surface area contributed by atoms with Crippen LogP contribution in [-0.4, -0.2) is 62.0 Å². The number of nitrogens with one attached hydrogen (secondary N) is 2. The third kappa shape index (κ3) is 6.21. The molecule has 2 aliphatic rings. The van der Waals surface area contributed by atoms with E-state index in [0.717, 1.165) is 63.0 Å². The Morgan fingerprint density at radius 3 is 2.61 bits per heavy atom. The molecule has 0 saturated carbocycles. The quantitative estimate of drug-likeness (QED) is 0.589. The third-order valence-corrected chi connectivity index (χ3v) is 7.68. The van der Waals surface area contributed by atoms with Crippen molar-refractivity contribution in [2.24, 2.45) is 11.8 Å². The van der Waals surface area contributed by atoms with E-state index in [9.17, 15) is 9.59 Å². The Balaban J connectivity index is 1.76. The van der Waals surface area contributed by atoms with Crippen LogP contribution in [0.2, 0.25) is 5.02 Å². The molecule has 0 spiro atoms. The first-order valence-corrected chi connectivity index (χ1v) is 13.0. The van der Waals surface area contributed by atoms with E-state index in [1.165, 1.54) is 0 Å². The maximum absolute atomic E-state index is 13.3. The predicted octanol–water partition coefficient (Wildman–Crippen LogP) is 4.24. The summed E-state index contributed by atoms with van der Waals surface area (Å²) in [5.41, 5.74) is 2.59. The lowest BCUT2D eigenvalue weighted by atomic mass is 9.80. The molecule has 1 aromatic rings. The van der Waals surface area contributed by atoms with E-state index in [1.807, 2.05) is 13.0 Å². The van der Waals surface area contributed by atoms with Crippen molar-refractivity contribution >= 4 is 29.1 Å². The second kappa shape index (κ2) is 11.6. The molecule has 3 rings (SSSR count). The summed E-state index contributed by atoms with van der Waals surface area (Å²) < 4.78 is 0. The van der Waals surface area contributed by atoms with Crippen molar-refractivity contribution in [1.29, 1.82) is 0 Å². The van der Waals surface area contributed by atoms with Gasteiger partial charge in [-0.25, -0.2) is 0 Å². The monoisotopic (exact) mass is 476 g/mol. The highest BCUT2D eigenvalue weighted by atomic mass is 35.5. The van der Waals surface area contributed by atoms with Crippen LogP contribution in [0.3, 0.4) is 0 Å². The molecule has 3 unspecified atom stereocenters. The van der Waals surface area contributed by atoms with Crippen LogP contribution in [0.1, 0.15) is 68.8 Å². The molecule has 2 N–H and O–H groups in total. The van der Waals surface area contributed by atoms with Crippen molar-refractivity contribution in [3.05, 3.63) is 28.3 Å². The topological polar surface area (TPSA) is 64.7 Å². The van der Waals surface area contributed by atoms with E-state index in [-0.39, 0.29) is 23.8 Å². The molecule has 2 saturated heterocycles. The fourth-order valence-corrected chi connectivity index (χ4v) is 5.83. The van der Waals surface area contributed by atoms with Crippen molar-refractivity contribution in [3.8, 4) is 0 Å². The number of amides is 2. The van der Waals surface area contributed by atoms with Crippen LogP contribution in [0.5, 0.6) is 0 Å². The number of hydrogen-bond acceptors (Lipinski definition) is 4. The molecule has 0 aromatic heterocycles. The predicted molar refractivity (Wildman–Crippen MR) is 136 cm³/mol. The molecule has 7 heteroatoms. The zero-order valence-electron chi connectivity index (χ0n) is 20.9. The minimum absolute atomic E-state index is 0.0513. The molecular weight excluding hydrogens is 436 g/mol. The molecule has 1 aromatic carbocycles. The van der Waals surface area contributed by atoms with Crippen LogP contribution < -0.4 is 15.5 Å². The number of anilines is 1. The fourth-order valence-electron chi connectivity index (χ4n) is 5.62. The van der Waals surface area contributed by atoms with E-state index >= 15 is 0 Å². The Hall–Kier alpha value is -1.79. The number of carbonyl (C=O) groups excluding carboxylic acids is 2. The van der Waals surface area contributed by atoms with Crippen LogP contribution in [0.4, 0.5) is 5.69 Å².